The summed E-state index contributed by atoms with van der Waals surface area (Å²) >= 11 is 14.5. The Kier molecular flexibility index (Phi) is 5.47. The van der Waals surface area contributed by atoms with E-state index in [0.29, 0.717) is 15.1 Å². The zero-order valence-corrected chi connectivity index (χ0v) is 15.9. The van der Waals surface area contributed by atoms with E-state index in [1.807, 2.05) is 12.1 Å². The van der Waals surface area contributed by atoms with Crippen LogP contribution in [-0.2, 0) is 0 Å². The fourth-order valence-corrected chi connectivity index (χ4v) is 2.98. The molecule has 0 saturated heterocycles. The molecule has 25 heavy (non-hydrogen) atoms. The van der Waals surface area contributed by atoms with E-state index in [0.717, 1.165) is 16.6 Å². The van der Waals surface area contributed by atoms with Crippen LogP contribution in [-0.4, -0.2) is 16.0 Å². The van der Waals surface area contributed by atoms with Gasteiger partial charge in [0, 0.05) is 21.1 Å². The Hall–Kier alpha value is -2.22. The van der Waals surface area contributed by atoms with Crippen LogP contribution in [0.1, 0.15) is 10.4 Å². The molecule has 1 heterocycles. The number of rotatable bonds is 3. The van der Waals surface area contributed by atoms with Gasteiger partial charge in [0.05, 0.1) is 16.8 Å². The monoisotopic (exact) mass is 434 g/mol. The number of hydrazine groups is 1. The molecular weight excluding hydrogens is 424 g/mol. The molecular formula is C17H12BrClN4OS. The third-order valence-electron chi connectivity index (χ3n) is 3.36. The van der Waals surface area contributed by atoms with Gasteiger partial charge in [0.2, 0.25) is 0 Å². The summed E-state index contributed by atoms with van der Waals surface area (Å²) in [7, 11) is 0. The van der Waals surface area contributed by atoms with Gasteiger partial charge in [-0.05, 0) is 64.5 Å². The van der Waals surface area contributed by atoms with Crippen molar-refractivity contribution in [2.24, 2.45) is 0 Å². The molecule has 1 aromatic heterocycles. The average molecular weight is 436 g/mol. The maximum Gasteiger partial charge on any atom is 0.258 e. The molecule has 0 atom stereocenters. The molecule has 0 spiro atoms. The third-order valence-corrected chi connectivity index (χ3v) is 4.49. The van der Waals surface area contributed by atoms with Crippen LogP contribution in [0.15, 0.2) is 59.2 Å². The summed E-state index contributed by atoms with van der Waals surface area (Å²) in [5.41, 5.74) is 7.79. The molecule has 0 aliphatic carbocycles. The predicted octanol–water partition coefficient (Wildman–Crippen LogP) is 4.28. The lowest BCUT2D eigenvalue weighted by molar-refractivity contribution is 0.0976. The molecule has 0 unspecified atom stereocenters. The first-order valence-corrected chi connectivity index (χ1v) is 8.78. The van der Waals surface area contributed by atoms with Crippen LogP contribution in [0.25, 0.3) is 10.9 Å². The molecule has 0 saturated carbocycles. The predicted molar refractivity (Wildman–Crippen MR) is 108 cm³/mol. The van der Waals surface area contributed by atoms with Crippen molar-refractivity contribution in [2.45, 2.75) is 0 Å². The van der Waals surface area contributed by atoms with E-state index >= 15 is 0 Å². The van der Waals surface area contributed by atoms with Crippen LogP contribution >= 0.6 is 39.7 Å². The van der Waals surface area contributed by atoms with Crippen molar-refractivity contribution in [1.82, 2.24) is 15.7 Å². The molecule has 0 aliphatic rings. The summed E-state index contributed by atoms with van der Waals surface area (Å²) < 4.78 is 0.695. The van der Waals surface area contributed by atoms with E-state index in [-0.39, 0.29) is 11.0 Å². The number of hydrogen-bond acceptors (Lipinski definition) is 4. The molecule has 0 radical (unpaired) electrons. The molecule has 5 nitrogen and oxygen atoms in total. The number of nitrogens with zero attached hydrogens (tertiary/aromatic N) is 1. The topological polar surface area (TPSA) is 66.1 Å². The second-order valence-electron chi connectivity index (χ2n) is 5.03. The average Bonchev–Trinajstić information content (AvgIpc) is 2.59. The Bertz CT molecular complexity index is 966. The van der Waals surface area contributed by atoms with Gasteiger partial charge in [-0.25, -0.2) is 0 Å². The van der Waals surface area contributed by atoms with Crippen LogP contribution in [0.2, 0.25) is 5.02 Å². The molecule has 8 heteroatoms. The third kappa shape index (κ3) is 4.25. The Morgan fingerprint density at radius 2 is 1.96 bits per heavy atom. The van der Waals surface area contributed by atoms with Crippen LogP contribution in [0, 0.1) is 0 Å². The number of amides is 1. The minimum atomic E-state index is -0.307. The van der Waals surface area contributed by atoms with Crippen LogP contribution in [0.4, 0.5) is 5.69 Å². The first-order chi connectivity index (χ1) is 12.0. The van der Waals surface area contributed by atoms with Gasteiger partial charge >= 0.3 is 0 Å². The summed E-state index contributed by atoms with van der Waals surface area (Å²) in [6, 6.07) is 14.3. The number of fused-ring (bicyclic) bond motifs is 1. The summed E-state index contributed by atoms with van der Waals surface area (Å²) in [5, 5.41) is 4.26. The van der Waals surface area contributed by atoms with Gasteiger partial charge in [-0.3, -0.25) is 25.9 Å². The van der Waals surface area contributed by atoms with Gasteiger partial charge in [-0.2, -0.15) is 0 Å². The van der Waals surface area contributed by atoms with Gasteiger partial charge in [0.15, 0.2) is 5.11 Å². The number of anilines is 1. The number of aromatic nitrogens is 1. The molecule has 3 rings (SSSR count). The Morgan fingerprint density at radius 3 is 2.76 bits per heavy atom. The zero-order chi connectivity index (χ0) is 17.8. The Balaban J connectivity index is 1.67. The van der Waals surface area contributed by atoms with Crippen molar-refractivity contribution in [3.63, 3.8) is 0 Å². The van der Waals surface area contributed by atoms with Gasteiger partial charge in [-0.15, -0.1) is 0 Å². The maximum atomic E-state index is 12.2. The Labute approximate surface area is 162 Å². The van der Waals surface area contributed by atoms with Crippen molar-refractivity contribution >= 4 is 67.4 Å². The summed E-state index contributed by atoms with van der Waals surface area (Å²) in [4.78, 5) is 16.5. The molecule has 0 fully saturated rings. The molecule has 126 valence electrons. The second kappa shape index (κ2) is 7.77. The lowest BCUT2D eigenvalue weighted by atomic mass is 10.2. The lowest BCUT2D eigenvalue weighted by Crippen LogP contribution is -2.42. The molecule has 3 N–H and O–H groups in total. The van der Waals surface area contributed by atoms with E-state index in [1.54, 1.807) is 42.6 Å². The standard InChI is InChI=1S/C17H12BrClN4OS/c18-13-4-2-1-3-11(13)16(24)21-17(25)23-22-14-7-8-20-15-9-10(19)5-6-12(14)15/h1-9H,(H,20,22)(H2,21,23,24,25). The fraction of sp³-hybridized carbons (Fsp3) is 0. The van der Waals surface area contributed by atoms with Crippen molar-refractivity contribution in [2.75, 3.05) is 5.43 Å². The first kappa shape index (κ1) is 17.6. The van der Waals surface area contributed by atoms with E-state index in [4.69, 9.17) is 23.8 Å². The Morgan fingerprint density at radius 1 is 1.16 bits per heavy atom. The molecule has 2 aromatic carbocycles. The van der Waals surface area contributed by atoms with Crippen molar-refractivity contribution in [1.29, 1.82) is 0 Å². The maximum absolute atomic E-state index is 12.2. The van der Waals surface area contributed by atoms with Crippen LogP contribution in [0.5, 0.6) is 0 Å². The number of halogens is 2. The smallest absolute Gasteiger partial charge is 0.258 e. The van der Waals surface area contributed by atoms with Crippen molar-refractivity contribution < 1.29 is 4.79 Å². The fourth-order valence-electron chi connectivity index (χ4n) is 2.20. The van der Waals surface area contributed by atoms with Gasteiger partial charge in [-0.1, -0.05) is 23.7 Å². The molecule has 0 bridgehead atoms. The minimum Gasteiger partial charge on any atom is -0.298 e. The minimum absolute atomic E-state index is 0.152. The number of nitrogens with one attached hydrogen (secondary N) is 3. The number of carbonyl (C=O) groups is 1. The highest BCUT2D eigenvalue weighted by molar-refractivity contribution is 9.10. The largest absolute Gasteiger partial charge is 0.298 e. The number of pyridine rings is 1. The molecule has 3 aromatic rings. The van der Waals surface area contributed by atoms with Crippen molar-refractivity contribution in [3.05, 3.63) is 69.8 Å². The lowest BCUT2D eigenvalue weighted by Gasteiger charge is -2.13. The molecule has 0 aliphatic heterocycles. The zero-order valence-electron chi connectivity index (χ0n) is 12.7. The number of carbonyl (C=O) groups excluding carboxylic acids is 1. The van der Waals surface area contributed by atoms with Crippen LogP contribution in [0.3, 0.4) is 0 Å². The number of thiocarbonyl (C=S) groups is 1. The number of hydrogen-bond donors (Lipinski definition) is 3. The normalized spacial score (nSPS) is 10.3. The van der Waals surface area contributed by atoms with Gasteiger partial charge < -0.3 is 0 Å². The highest BCUT2D eigenvalue weighted by atomic mass is 79.9. The van der Waals surface area contributed by atoms with Crippen LogP contribution < -0.4 is 16.2 Å². The molecule has 1 amide bonds. The van der Waals surface area contributed by atoms with E-state index in [2.05, 4.69) is 37.1 Å². The van der Waals surface area contributed by atoms with E-state index in [9.17, 15) is 4.79 Å². The van der Waals surface area contributed by atoms with E-state index < -0.39 is 0 Å². The van der Waals surface area contributed by atoms with Gasteiger partial charge in [0.25, 0.3) is 5.91 Å². The summed E-state index contributed by atoms with van der Waals surface area (Å²) in [6.07, 6.45) is 1.66. The second-order valence-corrected chi connectivity index (χ2v) is 6.73. The highest BCUT2D eigenvalue weighted by Crippen LogP contribution is 2.23. The quantitative estimate of drug-likeness (QED) is 0.423. The SMILES string of the molecule is O=C(NC(=S)NNc1ccnc2cc(Cl)ccc12)c1ccccc1Br. The van der Waals surface area contributed by atoms with Crippen molar-refractivity contribution in [3.8, 4) is 0 Å². The highest BCUT2D eigenvalue weighted by Gasteiger charge is 2.11. The first-order valence-electron chi connectivity index (χ1n) is 7.21. The van der Waals surface area contributed by atoms with E-state index in [1.165, 1.54) is 0 Å². The van der Waals surface area contributed by atoms with Gasteiger partial charge in [0.1, 0.15) is 0 Å². The summed E-state index contributed by atoms with van der Waals surface area (Å²) in [6.45, 7) is 0. The number of benzene rings is 2. The summed E-state index contributed by atoms with van der Waals surface area (Å²) in [5.74, 6) is -0.307.